The average Bonchev–Trinajstić information content (AvgIpc) is 2.75. The second-order valence-electron chi connectivity index (χ2n) is 5.59. The minimum absolute atomic E-state index is 0.434. The molecule has 2 saturated carbocycles. The van der Waals surface area contributed by atoms with Crippen LogP contribution in [0.15, 0.2) is 4.99 Å². The van der Waals surface area contributed by atoms with Gasteiger partial charge in [0.25, 0.3) is 0 Å². The summed E-state index contributed by atoms with van der Waals surface area (Å²) < 4.78 is 0. The van der Waals surface area contributed by atoms with Crippen LogP contribution in [0.2, 0.25) is 0 Å². The lowest BCUT2D eigenvalue weighted by Crippen LogP contribution is -2.45. The van der Waals surface area contributed by atoms with E-state index in [2.05, 4.69) is 24.2 Å². The molecule has 2 atom stereocenters. The van der Waals surface area contributed by atoms with E-state index in [0.717, 1.165) is 6.42 Å². The minimum Gasteiger partial charge on any atom is -0.370 e. The summed E-state index contributed by atoms with van der Waals surface area (Å²) in [5.74, 6) is 0.658. The molecule has 16 heavy (non-hydrogen) atoms. The molecule has 0 aromatic carbocycles. The summed E-state index contributed by atoms with van der Waals surface area (Å²) in [6, 6.07) is 0.940. The zero-order valence-corrected chi connectivity index (χ0v) is 10.6. The highest BCUT2D eigenvalue weighted by atomic mass is 15.1. The molecule has 2 aliphatic rings. The van der Waals surface area contributed by atoms with Crippen molar-refractivity contribution >= 4 is 5.96 Å². The summed E-state index contributed by atoms with van der Waals surface area (Å²) in [5, 5.41) is 3.26. The largest absolute Gasteiger partial charge is 0.370 e. The zero-order valence-electron chi connectivity index (χ0n) is 10.6. The van der Waals surface area contributed by atoms with E-state index in [4.69, 9.17) is 5.73 Å². The van der Waals surface area contributed by atoms with E-state index in [1.165, 1.54) is 38.5 Å². The van der Waals surface area contributed by atoms with Crippen molar-refractivity contribution in [1.82, 2.24) is 5.32 Å². The number of hydrogen-bond donors (Lipinski definition) is 2. The molecule has 0 saturated heterocycles. The maximum absolute atomic E-state index is 5.95. The van der Waals surface area contributed by atoms with Crippen LogP contribution in [0.25, 0.3) is 0 Å². The van der Waals surface area contributed by atoms with Crippen LogP contribution in [0.3, 0.4) is 0 Å². The zero-order chi connectivity index (χ0) is 11.6. The number of hydrogen-bond acceptors (Lipinski definition) is 1. The molecule has 3 nitrogen and oxygen atoms in total. The van der Waals surface area contributed by atoms with Gasteiger partial charge in [0.1, 0.15) is 0 Å². The SMILES string of the molecule is CCC(C)NC(N)=NC1CCC12CCCC2. The first kappa shape index (κ1) is 11.7. The highest BCUT2D eigenvalue weighted by Gasteiger charge is 2.48. The lowest BCUT2D eigenvalue weighted by molar-refractivity contribution is 0.104. The van der Waals surface area contributed by atoms with E-state index < -0.39 is 0 Å². The second-order valence-corrected chi connectivity index (χ2v) is 5.59. The number of nitrogens with one attached hydrogen (secondary N) is 1. The predicted octanol–water partition coefficient (Wildman–Crippen LogP) is 2.41. The van der Waals surface area contributed by atoms with Crippen molar-refractivity contribution < 1.29 is 0 Å². The lowest BCUT2D eigenvalue weighted by Gasteiger charge is -2.45. The van der Waals surface area contributed by atoms with Crippen LogP contribution < -0.4 is 11.1 Å². The van der Waals surface area contributed by atoms with E-state index in [1.807, 2.05) is 0 Å². The third-order valence-corrected chi connectivity index (χ3v) is 4.52. The lowest BCUT2D eigenvalue weighted by atomic mass is 9.63. The van der Waals surface area contributed by atoms with Crippen molar-refractivity contribution in [3.05, 3.63) is 0 Å². The Bertz CT molecular complexity index is 266. The van der Waals surface area contributed by atoms with E-state index in [9.17, 15) is 0 Å². The number of nitrogens with two attached hydrogens (primary N) is 1. The summed E-state index contributed by atoms with van der Waals surface area (Å²) >= 11 is 0. The molecule has 0 heterocycles. The molecule has 2 rings (SSSR count). The first-order valence-electron chi connectivity index (χ1n) is 6.76. The fourth-order valence-electron chi connectivity index (χ4n) is 3.11. The summed E-state index contributed by atoms with van der Waals surface area (Å²) in [5.41, 5.74) is 6.49. The van der Waals surface area contributed by atoms with E-state index in [0.29, 0.717) is 23.5 Å². The van der Waals surface area contributed by atoms with E-state index in [1.54, 1.807) is 0 Å². The summed E-state index contributed by atoms with van der Waals surface area (Å²) in [6.45, 7) is 4.31. The highest BCUT2D eigenvalue weighted by molar-refractivity contribution is 5.78. The summed E-state index contributed by atoms with van der Waals surface area (Å²) in [6.07, 6.45) is 9.23. The average molecular weight is 223 g/mol. The van der Waals surface area contributed by atoms with Gasteiger partial charge in [-0.2, -0.15) is 0 Å². The molecule has 0 radical (unpaired) electrons. The van der Waals surface area contributed by atoms with Crippen molar-refractivity contribution in [2.75, 3.05) is 0 Å². The van der Waals surface area contributed by atoms with Crippen LogP contribution in [0, 0.1) is 5.41 Å². The molecule has 0 bridgehead atoms. The molecule has 3 N–H and O–H groups in total. The third-order valence-electron chi connectivity index (χ3n) is 4.52. The van der Waals surface area contributed by atoms with Gasteiger partial charge >= 0.3 is 0 Å². The monoisotopic (exact) mass is 223 g/mol. The Balaban J connectivity index is 1.91. The fourth-order valence-corrected chi connectivity index (χ4v) is 3.11. The first-order valence-corrected chi connectivity index (χ1v) is 6.76. The fraction of sp³-hybridized carbons (Fsp3) is 0.923. The van der Waals surface area contributed by atoms with Gasteiger partial charge in [-0.3, -0.25) is 0 Å². The van der Waals surface area contributed by atoms with Gasteiger partial charge in [0, 0.05) is 6.04 Å². The highest BCUT2D eigenvalue weighted by Crippen LogP contribution is 2.54. The molecular formula is C13H25N3. The Hall–Kier alpha value is -0.730. The maximum atomic E-state index is 5.95. The summed E-state index contributed by atoms with van der Waals surface area (Å²) in [7, 11) is 0. The van der Waals surface area contributed by atoms with Crippen molar-refractivity contribution in [3.63, 3.8) is 0 Å². The molecular weight excluding hydrogens is 198 g/mol. The van der Waals surface area contributed by atoms with Crippen LogP contribution in [-0.4, -0.2) is 18.0 Å². The van der Waals surface area contributed by atoms with Gasteiger partial charge in [-0.15, -0.1) is 0 Å². The predicted molar refractivity (Wildman–Crippen MR) is 68.4 cm³/mol. The molecule has 2 fully saturated rings. The van der Waals surface area contributed by atoms with Gasteiger partial charge in [0.15, 0.2) is 5.96 Å². The van der Waals surface area contributed by atoms with Gasteiger partial charge in [-0.1, -0.05) is 19.8 Å². The Morgan fingerprint density at radius 2 is 2.12 bits per heavy atom. The van der Waals surface area contributed by atoms with Crippen molar-refractivity contribution in [3.8, 4) is 0 Å². The Labute approximate surface area is 98.9 Å². The third kappa shape index (κ3) is 2.18. The molecule has 1 spiro atoms. The topological polar surface area (TPSA) is 50.4 Å². The Morgan fingerprint density at radius 1 is 1.44 bits per heavy atom. The maximum Gasteiger partial charge on any atom is 0.189 e. The Morgan fingerprint density at radius 3 is 2.62 bits per heavy atom. The molecule has 2 aliphatic carbocycles. The van der Waals surface area contributed by atoms with Crippen molar-refractivity contribution in [1.29, 1.82) is 0 Å². The second kappa shape index (κ2) is 4.64. The smallest absolute Gasteiger partial charge is 0.189 e. The number of nitrogens with zero attached hydrogens (tertiary/aromatic N) is 1. The summed E-state index contributed by atoms with van der Waals surface area (Å²) in [4.78, 5) is 4.69. The van der Waals surface area contributed by atoms with Gasteiger partial charge in [0.2, 0.25) is 0 Å². The standard InChI is InChI=1S/C13H25N3/c1-3-10(2)15-12(14)16-11-6-9-13(11)7-4-5-8-13/h10-11H,3-9H2,1-2H3,(H3,14,15,16). The molecule has 0 aromatic heterocycles. The normalized spacial score (nSPS) is 30.1. The van der Waals surface area contributed by atoms with Gasteiger partial charge < -0.3 is 11.1 Å². The number of guanidine groups is 1. The molecule has 0 aromatic rings. The van der Waals surface area contributed by atoms with Crippen molar-refractivity contribution in [2.45, 2.75) is 70.9 Å². The quantitative estimate of drug-likeness (QED) is 0.570. The van der Waals surface area contributed by atoms with Crippen molar-refractivity contribution in [2.24, 2.45) is 16.1 Å². The number of aliphatic imine (C=N–C) groups is 1. The van der Waals surface area contributed by atoms with Gasteiger partial charge in [-0.05, 0) is 44.4 Å². The van der Waals surface area contributed by atoms with Crippen LogP contribution in [0.1, 0.15) is 58.8 Å². The van der Waals surface area contributed by atoms with E-state index in [-0.39, 0.29) is 0 Å². The van der Waals surface area contributed by atoms with Crippen LogP contribution in [-0.2, 0) is 0 Å². The van der Waals surface area contributed by atoms with Crippen LogP contribution >= 0.6 is 0 Å². The molecule has 0 amide bonds. The van der Waals surface area contributed by atoms with E-state index >= 15 is 0 Å². The minimum atomic E-state index is 0.434. The molecule has 0 aliphatic heterocycles. The number of rotatable bonds is 3. The molecule has 3 heteroatoms. The molecule has 2 unspecified atom stereocenters. The van der Waals surface area contributed by atoms with Gasteiger partial charge in [0.05, 0.1) is 6.04 Å². The van der Waals surface area contributed by atoms with Crippen LogP contribution in [0.5, 0.6) is 0 Å². The Kier molecular flexibility index (Phi) is 3.41. The molecule has 92 valence electrons. The van der Waals surface area contributed by atoms with Gasteiger partial charge in [-0.25, -0.2) is 4.99 Å². The first-order chi connectivity index (χ1) is 7.66. The van der Waals surface area contributed by atoms with Crippen LogP contribution in [0.4, 0.5) is 0 Å².